The average molecular weight is 520 g/mol. The van der Waals surface area contributed by atoms with Gasteiger partial charge in [0, 0.05) is 34.7 Å². The van der Waals surface area contributed by atoms with E-state index in [4.69, 9.17) is 19.2 Å². The topological polar surface area (TPSA) is 57.7 Å². The number of rotatable bonds is 6. The second-order valence-electron chi connectivity index (χ2n) is 10.5. The fourth-order valence-electron chi connectivity index (χ4n) is 5.25. The van der Waals surface area contributed by atoms with E-state index in [2.05, 4.69) is 0 Å². The van der Waals surface area contributed by atoms with E-state index in [-0.39, 0.29) is 12.2 Å². The Kier molecular flexibility index (Phi) is 6.82. The number of esters is 1. The maximum Gasteiger partial charge on any atom is 0.339 e. The molecule has 1 aliphatic rings. The summed E-state index contributed by atoms with van der Waals surface area (Å²) < 4.78 is 45.0. The normalized spacial score (nSPS) is 14.1. The molecule has 0 bridgehead atoms. The minimum atomic E-state index is -2.60. The van der Waals surface area contributed by atoms with Crippen LogP contribution in [0.3, 0.4) is 0 Å². The second-order valence-corrected chi connectivity index (χ2v) is 10.5. The molecule has 198 valence electrons. The van der Waals surface area contributed by atoms with Gasteiger partial charge in [0.25, 0.3) is 6.43 Å². The third-order valence-corrected chi connectivity index (χ3v) is 6.74. The maximum absolute atomic E-state index is 13.6. The summed E-state index contributed by atoms with van der Waals surface area (Å²) in [6.07, 6.45) is -1.10. The molecular weight excluding hydrogens is 488 g/mol. The zero-order chi connectivity index (χ0) is 27.2. The number of halogens is 2. The number of alkyl halides is 2. The molecule has 5 nitrogen and oxygen atoms in total. The zero-order valence-corrected chi connectivity index (χ0v) is 22.2. The Hall–Kier alpha value is -3.58. The van der Waals surface area contributed by atoms with Gasteiger partial charge in [0.05, 0.1) is 24.3 Å². The lowest BCUT2D eigenvalue weighted by Crippen LogP contribution is -2.29. The van der Waals surface area contributed by atoms with E-state index in [0.717, 1.165) is 45.1 Å². The van der Waals surface area contributed by atoms with Crippen molar-refractivity contribution in [3.05, 3.63) is 70.9 Å². The Bertz CT molecular complexity index is 1530. The van der Waals surface area contributed by atoms with Crippen molar-refractivity contribution >= 4 is 27.6 Å². The molecule has 0 radical (unpaired) electrons. The van der Waals surface area contributed by atoms with Gasteiger partial charge < -0.3 is 14.2 Å². The molecule has 2 heterocycles. The van der Waals surface area contributed by atoms with Crippen LogP contribution in [-0.2, 0) is 20.7 Å². The predicted molar refractivity (Wildman–Crippen MR) is 144 cm³/mol. The van der Waals surface area contributed by atoms with Gasteiger partial charge in [-0.15, -0.1) is 0 Å². The minimum absolute atomic E-state index is 0.0631. The summed E-state index contributed by atoms with van der Waals surface area (Å²) in [5, 5.41) is 2.29. The van der Waals surface area contributed by atoms with Gasteiger partial charge in [0.2, 0.25) is 0 Å². The number of ether oxygens (including phenoxy) is 3. The Balaban J connectivity index is 1.89. The van der Waals surface area contributed by atoms with Gasteiger partial charge in [-0.2, -0.15) is 0 Å². The summed E-state index contributed by atoms with van der Waals surface area (Å²) in [5.74, 6) is 0.249. The molecule has 1 aliphatic heterocycles. The van der Waals surface area contributed by atoms with Crippen molar-refractivity contribution in [1.29, 1.82) is 0 Å². The number of aryl methyl sites for hydroxylation is 1. The minimum Gasteiger partial charge on any atom is -0.493 e. The van der Waals surface area contributed by atoms with Crippen LogP contribution in [0.5, 0.6) is 5.75 Å². The largest absolute Gasteiger partial charge is 0.493 e. The molecule has 1 unspecified atom stereocenters. The van der Waals surface area contributed by atoms with Crippen LogP contribution in [-0.4, -0.2) is 29.8 Å². The van der Waals surface area contributed by atoms with Crippen LogP contribution >= 0.6 is 0 Å². The monoisotopic (exact) mass is 519 g/mol. The van der Waals surface area contributed by atoms with Gasteiger partial charge >= 0.3 is 5.97 Å². The summed E-state index contributed by atoms with van der Waals surface area (Å²) in [6.45, 7) is 10.0. The van der Waals surface area contributed by atoms with Crippen LogP contribution in [0, 0.1) is 6.92 Å². The summed E-state index contributed by atoms with van der Waals surface area (Å²) >= 11 is 0. The van der Waals surface area contributed by atoms with Crippen LogP contribution in [0.1, 0.15) is 62.5 Å². The summed E-state index contributed by atoms with van der Waals surface area (Å²) in [5.41, 5.74) is 3.98. The SMILES string of the molecule is CCOC(=O)C(OC(C)(C)C)c1c(C)cc2cc(C(F)F)ccc2c1-c1ccc2c3c(ccnc13)CCO2. The number of pyridine rings is 1. The highest BCUT2D eigenvalue weighted by atomic mass is 19.3. The number of nitrogens with zero attached hydrogens (tertiary/aromatic N) is 1. The molecule has 7 heteroatoms. The number of carbonyl (C=O) groups is 1. The zero-order valence-electron chi connectivity index (χ0n) is 22.2. The Morgan fingerprint density at radius 2 is 1.92 bits per heavy atom. The third-order valence-electron chi connectivity index (χ3n) is 6.74. The van der Waals surface area contributed by atoms with Gasteiger partial charge in [-0.25, -0.2) is 13.6 Å². The van der Waals surface area contributed by atoms with Crippen molar-refractivity contribution < 1.29 is 27.8 Å². The molecule has 38 heavy (non-hydrogen) atoms. The summed E-state index contributed by atoms with van der Waals surface area (Å²) in [4.78, 5) is 18.1. The van der Waals surface area contributed by atoms with E-state index >= 15 is 0 Å². The first kappa shape index (κ1) is 26.0. The lowest BCUT2D eigenvalue weighted by atomic mass is 9.85. The number of carbonyl (C=O) groups excluding carboxylic acids is 1. The molecule has 0 spiro atoms. The number of hydrogen-bond acceptors (Lipinski definition) is 5. The number of aromatic nitrogens is 1. The van der Waals surface area contributed by atoms with E-state index in [1.165, 1.54) is 12.1 Å². The van der Waals surface area contributed by atoms with Crippen molar-refractivity contribution in [3.63, 3.8) is 0 Å². The van der Waals surface area contributed by atoms with Crippen molar-refractivity contribution in [2.24, 2.45) is 0 Å². The summed E-state index contributed by atoms with van der Waals surface area (Å²) in [6, 6.07) is 12.3. The second kappa shape index (κ2) is 9.95. The molecule has 1 atom stereocenters. The highest BCUT2D eigenvalue weighted by molar-refractivity contribution is 6.09. The van der Waals surface area contributed by atoms with Crippen LogP contribution in [0.25, 0.3) is 32.8 Å². The number of hydrogen-bond donors (Lipinski definition) is 0. The standard InChI is InChI=1S/C31H31F2NO4/c1-6-36-30(35)28(38-31(3,4)5)24-17(2)15-20-16-19(29(32)33)7-8-21(20)26(24)22-9-10-23-25-18(12-14-37-23)11-13-34-27(22)25/h7-11,13,15-16,28-29H,6,12,14H2,1-5H3. The Labute approximate surface area is 220 Å². The van der Waals surface area contributed by atoms with Crippen LogP contribution < -0.4 is 4.74 Å². The van der Waals surface area contributed by atoms with Crippen molar-refractivity contribution in [1.82, 2.24) is 4.98 Å². The maximum atomic E-state index is 13.6. The molecule has 0 saturated carbocycles. The first-order chi connectivity index (χ1) is 18.1. The Morgan fingerprint density at radius 3 is 2.63 bits per heavy atom. The number of benzene rings is 3. The van der Waals surface area contributed by atoms with Crippen molar-refractivity contribution in [3.8, 4) is 16.9 Å². The molecule has 0 aliphatic carbocycles. The molecule has 5 rings (SSSR count). The van der Waals surface area contributed by atoms with Gasteiger partial charge in [0.15, 0.2) is 6.10 Å². The predicted octanol–water partition coefficient (Wildman–Crippen LogP) is 7.66. The van der Waals surface area contributed by atoms with Crippen LogP contribution in [0.4, 0.5) is 8.78 Å². The quantitative estimate of drug-likeness (QED) is 0.245. The average Bonchev–Trinajstić information content (AvgIpc) is 2.87. The van der Waals surface area contributed by atoms with E-state index in [9.17, 15) is 13.6 Å². The van der Waals surface area contributed by atoms with Gasteiger partial charge in [0.1, 0.15) is 5.75 Å². The molecule has 0 N–H and O–H groups in total. The van der Waals surface area contributed by atoms with E-state index in [0.29, 0.717) is 23.1 Å². The molecule has 1 aromatic heterocycles. The fraction of sp³-hybridized carbons (Fsp3) is 0.355. The molecular formula is C31H31F2NO4. The highest BCUT2D eigenvalue weighted by Gasteiger charge is 2.34. The molecule has 3 aromatic carbocycles. The van der Waals surface area contributed by atoms with Crippen LogP contribution in [0.15, 0.2) is 48.7 Å². The van der Waals surface area contributed by atoms with Gasteiger partial charge in [-0.3, -0.25) is 4.98 Å². The lowest BCUT2D eigenvalue weighted by molar-refractivity contribution is -0.166. The highest BCUT2D eigenvalue weighted by Crippen LogP contribution is 2.45. The third kappa shape index (κ3) is 4.71. The van der Waals surface area contributed by atoms with Crippen molar-refractivity contribution in [2.75, 3.05) is 13.2 Å². The molecule has 4 aromatic rings. The smallest absolute Gasteiger partial charge is 0.339 e. The van der Waals surface area contributed by atoms with Gasteiger partial charge in [-0.05, 0) is 86.3 Å². The van der Waals surface area contributed by atoms with Gasteiger partial charge in [-0.1, -0.05) is 18.2 Å². The Morgan fingerprint density at radius 1 is 1.13 bits per heavy atom. The summed E-state index contributed by atoms with van der Waals surface area (Å²) in [7, 11) is 0. The first-order valence-corrected chi connectivity index (χ1v) is 12.8. The van der Waals surface area contributed by atoms with E-state index in [1.807, 2.05) is 52.0 Å². The molecule has 0 amide bonds. The van der Waals surface area contributed by atoms with Crippen molar-refractivity contribution in [2.45, 2.75) is 59.2 Å². The molecule has 0 fully saturated rings. The fourth-order valence-corrected chi connectivity index (χ4v) is 5.25. The van der Waals surface area contributed by atoms with E-state index in [1.54, 1.807) is 19.2 Å². The lowest BCUT2D eigenvalue weighted by Gasteiger charge is -2.30. The van der Waals surface area contributed by atoms with E-state index < -0.39 is 24.1 Å². The number of fused-ring (bicyclic) bond motifs is 1. The first-order valence-electron chi connectivity index (χ1n) is 12.8. The van der Waals surface area contributed by atoms with Crippen LogP contribution in [0.2, 0.25) is 0 Å². The molecule has 0 saturated heterocycles.